The highest BCUT2D eigenvalue weighted by atomic mass is 32.2. The standard InChI is InChI=1S/C29H31F4N3O4S/c1-3-16-34-28(38)26(17-21-8-5-4-6-9-21)35(19-22-12-14-24(30)15-13-22)27(37)20-36(41(2,39)40)25-11-7-10-23(18-25)29(31,32)33/h4-15,18,26H,3,16-17,19-20H2,1-2H3,(H,34,38). The van der Waals surface area contributed by atoms with E-state index in [-0.39, 0.29) is 18.7 Å². The maximum Gasteiger partial charge on any atom is 0.416 e. The fraction of sp³-hybridized carbons (Fsp3) is 0.310. The summed E-state index contributed by atoms with van der Waals surface area (Å²) in [6.07, 6.45) is -3.27. The lowest BCUT2D eigenvalue weighted by atomic mass is 10.0. The van der Waals surface area contributed by atoms with Crippen LogP contribution in [0.3, 0.4) is 0 Å². The van der Waals surface area contributed by atoms with E-state index in [0.717, 1.165) is 30.0 Å². The van der Waals surface area contributed by atoms with Crippen LogP contribution in [0, 0.1) is 5.82 Å². The van der Waals surface area contributed by atoms with Gasteiger partial charge in [0.25, 0.3) is 0 Å². The summed E-state index contributed by atoms with van der Waals surface area (Å²) in [5, 5.41) is 2.77. The molecule has 0 spiro atoms. The van der Waals surface area contributed by atoms with Crippen molar-refractivity contribution in [3.63, 3.8) is 0 Å². The van der Waals surface area contributed by atoms with Gasteiger partial charge in [0.05, 0.1) is 17.5 Å². The Morgan fingerprint density at radius 3 is 2.17 bits per heavy atom. The van der Waals surface area contributed by atoms with Crippen molar-refractivity contribution in [2.24, 2.45) is 0 Å². The molecule has 3 aromatic carbocycles. The molecule has 0 fully saturated rings. The van der Waals surface area contributed by atoms with Gasteiger partial charge < -0.3 is 10.2 Å². The number of halogens is 4. The lowest BCUT2D eigenvalue weighted by Gasteiger charge is -2.33. The van der Waals surface area contributed by atoms with E-state index >= 15 is 0 Å². The monoisotopic (exact) mass is 593 g/mol. The van der Waals surface area contributed by atoms with Crippen molar-refractivity contribution in [3.8, 4) is 0 Å². The van der Waals surface area contributed by atoms with Gasteiger partial charge in [-0.2, -0.15) is 13.2 Å². The average Bonchev–Trinajstić information content (AvgIpc) is 2.92. The molecule has 12 heteroatoms. The number of alkyl halides is 3. The van der Waals surface area contributed by atoms with Crippen molar-refractivity contribution < 1.29 is 35.6 Å². The number of anilines is 1. The first-order valence-corrected chi connectivity index (χ1v) is 14.6. The SMILES string of the molecule is CCCNC(=O)C(Cc1ccccc1)N(Cc1ccc(F)cc1)C(=O)CN(c1cccc(C(F)(F)F)c1)S(C)(=O)=O. The molecule has 0 aromatic heterocycles. The molecule has 41 heavy (non-hydrogen) atoms. The van der Waals surface area contributed by atoms with Gasteiger partial charge in [0.15, 0.2) is 0 Å². The molecule has 0 aliphatic heterocycles. The largest absolute Gasteiger partial charge is 0.416 e. The number of sulfonamides is 1. The smallest absolute Gasteiger partial charge is 0.354 e. The highest BCUT2D eigenvalue weighted by Crippen LogP contribution is 2.32. The second kappa shape index (κ2) is 13.6. The average molecular weight is 594 g/mol. The summed E-state index contributed by atoms with van der Waals surface area (Å²) < 4.78 is 79.8. The van der Waals surface area contributed by atoms with Gasteiger partial charge >= 0.3 is 6.18 Å². The number of carbonyl (C=O) groups excluding carboxylic acids is 2. The van der Waals surface area contributed by atoms with Crippen LogP contribution in [0.4, 0.5) is 23.2 Å². The lowest BCUT2D eigenvalue weighted by Crippen LogP contribution is -2.53. The fourth-order valence-corrected chi connectivity index (χ4v) is 5.00. The van der Waals surface area contributed by atoms with Gasteiger partial charge in [-0.25, -0.2) is 12.8 Å². The minimum absolute atomic E-state index is 0.0752. The van der Waals surface area contributed by atoms with E-state index in [9.17, 15) is 35.6 Å². The normalized spacial score (nSPS) is 12.4. The number of hydrogen-bond acceptors (Lipinski definition) is 4. The van der Waals surface area contributed by atoms with Gasteiger partial charge in [-0.1, -0.05) is 55.5 Å². The molecule has 0 aliphatic carbocycles. The highest BCUT2D eigenvalue weighted by Gasteiger charge is 2.35. The fourth-order valence-electron chi connectivity index (χ4n) is 4.16. The van der Waals surface area contributed by atoms with Gasteiger partial charge in [-0.15, -0.1) is 0 Å². The third kappa shape index (κ3) is 9.04. The molecule has 0 bridgehead atoms. The van der Waals surface area contributed by atoms with E-state index in [2.05, 4.69) is 5.32 Å². The van der Waals surface area contributed by atoms with Gasteiger partial charge in [-0.3, -0.25) is 13.9 Å². The zero-order valence-corrected chi connectivity index (χ0v) is 23.4. The lowest BCUT2D eigenvalue weighted by molar-refractivity contribution is -0.140. The molecule has 3 aromatic rings. The molecule has 0 heterocycles. The van der Waals surface area contributed by atoms with Crippen LogP contribution >= 0.6 is 0 Å². The summed E-state index contributed by atoms with van der Waals surface area (Å²) in [7, 11) is -4.24. The Kier molecular flexibility index (Phi) is 10.5. The predicted octanol–water partition coefficient (Wildman–Crippen LogP) is 4.78. The van der Waals surface area contributed by atoms with Crippen LogP contribution in [0.5, 0.6) is 0 Å². The van der Waals surface area contributed by atoms with Crippen molar-refractivity contribution in [2.45, 2.75) is 38.5 Å². The molecule has 0 saturated carbocycles. The molecule has 1 unspecified atom stereocenters. The van der Waals surface area contributed by atoms with E-state index in [1.54, 1.807) is 30.3 Å². The minimum atomic E-state index is -4.74. The maximum absolute atomic E-state index is 13.9. The second-order valence-electron chi connectivity index (χ2n) is 9.46. The summed E-state index contributed by atoms with van der Waals surface area (Å²) >= 11 is 0. The molecule has 3 rings (SSSR count). The number of nitrogens with zero attached hydrogens (tertiary/aromatic N) is 2. The number of rotatable bonds is 12. The van der Waals surface area contributed by atoms with Gasteiger partial charge in [0.1, 0.15) is 18.4 Å². The van der Waals surface area contributed by atoms with Crippen LogP contribution in [0.1, 0.15) is 30.0 Å². The van der Waals surface area contributed by atoms with Crippen LogP contribution in [-0.4, -0.2) is 50.5 Å². The van der Waals surface area contributed by atoms with E-state index < -0.39 is 52.0 Å². The number of hydrogen-bond donors (Lipinski definition) is 1. The van der Waals surface area contributed by atoms with Crippen LogP contribution < -0.4 is 9.62 Å². The van der Waals surface area contributed by atoms with E-state index in [4.69, 9.17) is 0 Å². The molecule has 1 atom stereocenters. The van der Waals surface area contributed by atoms with Crippen molar-refractivity contribution in [1.29, 1.82) is 0 Å². The molecular weight excluding hydrogens is 562 g/mol. The van der Waals surface area contributed by atoms with Gasteiger partial charge in [-0.05, 0) is 47.9 Å². The first kappa shape index (κ1) is 31.6. The number of amides is 2. The summed E-state index contributed by atoms with van der Waals surface area (Å²) in [6.45, 7) is 1.12. The Balaban J connectivity index is 2.06. The summed E-state index contributed by atoms with van der Waals surface area (Å²) in [4.78, 5) is 28.4. The quantitative estimate of drug-likeness (QED) is 0.307. The first-order valence-electron chi connectivity index (χ1n) is 12.8. The van der Waals surface area contributed by atoms with Crippen LogP contribution in [0.2, 0.25) is 0 Å². The Morgan fingerprint density at radius 1 is 0.927 bits per heavy atom. The van der Waals surface area contributed by atoms with E-state index in [0.29, 0.717) is 28.9 Å². The molecule has 1 N–H and O–H groups in total. The van der Waals surface area contributed by atoms with Gasteiger partial charge in [0, 0.05) is 19.5 Å². The molecule has 0 aliphatic rings. The molecular formula is C29H31F4N3O4S. The molecule has 0 radical (unpaired) electrons. The van der Waals surface area contributed by atoms with E-state index in [1.165, 1.54) is 29.2 Å². The van der Waals surface area contributed by atoms with Crippen molar-refractivity contribution >= 4 is 27.5 Å². The van der Waals surface area contributed by atoms with Crippen molar-refractivity contribution in [1.82, 2.24) is 10.2 Å². The Bertz CT molecular complexity index is 1430. The summed E-state index contributed by atoms with van der Waals surface area (Å²) in [6, 6.07) is 16.6. The second-order valence-corrected chi connectivity index (χ2v) is 11.4. The van der Waals surface area contributed by atoms with Crippen molar-refractivity contribution in [3.05, 3.63) is 101 Å². The number of benzene rings is 3. The summed E-state index contributed by atoms with van der Waals surface area (Å²) in [5.74, 6) is -1.83. The van der Waals surface area contributed by atoms with Gasteiger partial charge in [0.2, 0.25) is 21.8 Å². The summed E-state index contributed by atoms with van der Waals surface area (Å²) in [5.41, 5.74) is -0.252. The predicted molar refractivity (Wildman–Crippen MR) is 148 cm³/mol. The highest BCUT2D eigenvalue weighted by molar-refractivity contribution is 7.92. The molecule has 0 saturated heterocycles. The zero-order chi connectivity index (χ0) is 30.2. The van der Waals surface area contributed by atoms with Crippen LogP contribution in [-0.2, 0) is 38.8 Å². The Morgan fingerprint density at radius 2 is 1.59 bits per heavy atom. The first-order chi connectivity index (χ1) is 19.3. The van der Waals surface area contributed by atoms with Crippen LogP contribution in [0.15, 0.2) is 78.9 Å². The molecule has 2 amide bonds. The Labute approximate surface area is 236 Å². The molecule has 220 valence electrons. The van der Waals surface area contributed by atoms with E-state index in [1.807, 2.05) is 6.92 Å². The zero-order valence-electron chi connectivity index (χ0n) is 22.6. The topological polar surface area (TPSA) is 86.8 Å². The van der Waals surface area contributed by atoms with Crippen molar-refractivity contribution in [2.75, 3.05) is 23.7 Å². The maximum atomic E-state index is 13.9. The third-order valence-corrected chi connectivity index (χ3v) is 7.37. The Hall–Kier alpha value is -3.93. The molecule has 7 nitrogen and oxygen atoms in total. The van der Waals surface area contributed by atoms with Crippen LogP contribution in [0.25, 0.3) is 0 Å². The number of carbonyl (C=O) groups is 2. The third-order valence-electron chi connectivity index (χ3n) is 6.23. The number of nitrogens with one attached hydrogen (secondary N) is 1. The minimum Gasteiger partial charge on any atom is -0.354 e.